The zero-order chi connectivity index (χ0) is 15.9. The van der Waals surface area contributed by atoms with Gasteiger partial charge >= 0.3 is 0 Å². The van der Waals surface area contributed by atoms with Gasteiger partial charge in [-0.1, -0.05) is 24.3 Å². The van der Waals surface area contributed by atoms with Crippen LogP contribution in [0.3, 0.4) is 0 Å². The fourth-order valence-electron chi connectivity index (χ4n) is 2.48. The Morgan fingerprint density at radius 2 is 1.68 bits per heavy atom. The van der Waals surface area contributed by atoms with Crippen LogP contribution in [0.1, 0.15) is 10.4 Å². The van der Waals surface area contributed by atoms with Gasteiger partial charge in [0.2, 0.25) is 0 Å². The van der Waals surface area contributed by atoms with Gasteiger partial charge in [-0.2, -0.15) is 0 Å². The van der Waals surface area contributed by atoms with Gasteiger partial charge in [-0.25, -0.2) is 0 Å². The molecule has 0 aliphatic heterocycles. The molecule has 22 heavy (non-hydrogen) atoms. The third-order valence-corrected chi connectivity index (χ3v) is 3.48. The topological polar surface area (TPSA) is 86.8 Å². The van der Waals surface area contributed by atoms with E-state index >= 15 is 0 Å². The standard InChI is InChI=1S/C17H20N2O3/c18-14-5-6-17(19(7-9-20)8-10-21)16(11-14)15-4-2-1-3-13(15)12-22/h1-6,11-12,20-21H,7-10,18H2. The predicted octanol–water partition coefficient (Wildman–Crippen LogP) is 1.54. The molecule has 4 N–H and O–H groups in total. The summed E-state index contributed by atoms with van der Waals surface area (Å²) in [5, 5.41) is 18.5. The second-order valence-electron chi connectivity index (χ2n) is 4.92. The molecule has 0 unspecified atom stereocenters. The van der Waals surface area contributed by atoms with E-state index in [2.05, 4.69) is 0 Å². The Labute approximate surface area is 129 Å². The normalized spacial score (nSPS) is 10.5. The molecule has 0 heterocycles. The Balaban J connectivity index is 2.58. The number of carbonyl (C=O) groups is 1. The molecule has 5 heteroatoms. The van der Waals surface area contributed by atoms with E-state index in [1.165, 1.54) is 0 Å². The lowest BCUT2D eigenvalue weighted by Gasteiger charge is -2.26. The van der Waals surface area contributed by atoms with E-state index in [0.29, 0.717) is 24.3 Å². The fourth-order valence-corrected chi connectivity index (χ4v) is 2.48. The summed E-state index contributed by atoms with van der Waals surface area (Å²) in [6.45, 7) is 0.722. The summed E-state index contributed by atoms with van der Waals surface area (Å²) in [7, 11) is 0. The molecule has 0 aliphatic rings. The Kier molecular flexibility index (Phi) is 5.52. The largest absolute Gasteiger partial charge is 0.399 e. The van der Waals surface area contributed by atoms with Crippen LogP contribution in [0, 0.1) is 0 Å². The molecule has 5 nitrogen and oxygen atoms in total. The van der Waals surface area contributed by atoms with E-state index in [1.54, 1.807) is 24.3 Å². The minimum atomic E-state index is -0.0286. The molecule has 2 rings (SSSR count). The Morgan fingerprint density at radius 3 is 2.32 bits per heavy atom. The lowest BCUT2D eigenvalue weighted by atomic mass is 9.97. The fraction of sp³-hybridized carbons (Fsp3) is 0.235. The molecular weight excluding hydrogens is 280 g/mol. The number of nitrogens with zero attached hydrogens (tertiary/aromatic N) is 1. The number of aliphatic hydroxyl groups excluding tert-OH is 2. The zero-order valence-electron chi connectivity index (χ0n) is 12.3. The van der Waals surface area contributed by atoms with Crippen molar-refractivity contribution in [2.45, 2.75) is 0 Å². The average Bonchev–Trinajstić information content (AvgIpc) is 2.54. The number of nitrogens with two attached hydrogens (primary N) is 1. The van der Waals surface area contributed by atoms with Crippen LogP contribution in [0.15, 0.2) is 42.5 Å². The van der Waals surface area contributed by atoms with Crippen LogP contribution in [0.4, 0.5) is 11.4 Å². The number of aldehydes is 1. The van der Waals surface area contributed by atoms with Gasteiger partial charge in [0.05, 0.1) is 13.2 Å². The second-order valence-corrected chi connectivity index (χ2v) is 4.92. The molecule has 0 radical (unpaired) electrons. The third-order valence-electron chi connectivity index (χ3n) is 3.48. The van der Waals surface area contributed by atoms with Gasteiger partial charge in [-0.15, -0.1) is 0 Å². The molecule has 0 aliphatic carbocycles. The quantitative estimate of drug-likeness (QED) is 0.533. The summed E-state index contributed by atoms with van der Waals surface area (Å²) in [5.41, 5.74) is 9.47. The molecule has 0 fully saturated rings. The van der Waals surface area contributed by atoms with E-state index in [4.69, 9.17) is 5.73 Å². The van der Waals surface area contributed by atoms with Gasteiger partial charge in [0.1, 0.15) is 0 Å². The molecule has 0 amide bonds. The van der Waals surface area contributed by atoms with Crippen molar-refractivity contribution in [3.63, 3.8) is 0 Å². The Morgan fingerprint density at radius 1 is 1.00 bits per heavy atom. The maximum atomic E-state index is 11.3. The van der Waals surface area contributed by atoms with Crippen LogP contribution in [0.5, 0.6) is 0 Å². The summed E-state index contributed by atoms with van der Waals surface area (Å²) in [5.74, 6) is 0. The first-order valence-electron chi connectivity index (χ1n) is 7.12. The first-order valence-corrected chi connectivity index (χ1v) is 7.12. The van der Waals surface area contributed by atoms with Crippen molar-refractivity contribution in [3.05, 3.63) is 48.0 Å². The van der Waals surface area contributed by atoms with Gasteiger partial charge in [0.25, 0.3) is 0 Å². The van der Waals surface area contributed by atoms with Crippen molar-refractivity contribution in [1.29, 1.82) is 0 Å². The van der Waals surface area contributed by atoms with Crippen LogP contribution in [0.25, 0.3) is 11.1 Å². The highest BCUT2D eigenvalue weighted by Crippen LogP contribution is 2.34. The van der Waals surface area contributed by atoms with E-state index in [0.717, 1.165) is 23.1 Å². The summed E-state index contributed by atoms with van der Waals surface area (Å²) in [6, 6.07) is 12.7. The van der Waals surface area contributed by atoms with E-state index in [9.17, 15) is 15.0 Å². The summed E-state index contributed by atoms with van der Waals surface area (Å²) < 4.78 is 0. The number of aliphatic hydroxyl groups is 2. The minimum Gasteiger partial charge on any atom is -0.399 e. The Bertz CT molecular complexity index is 638. The van der Waals surface area contributed by atoms with E-state index < -0.39 is 0 Å². The molecule has 0 aromatic heterocycles. The van der Waals surface area contributed by atoms with Crippen molar-refractivity contribution in [1.82, 2.24) is 0 Å². The number of hydrogen-bond donors (Lipinski definition) is 3. The van der Waals surface area contributed by atoms with Crippen molar-refractivity contribution < 1.29 is 15.0 Å². The molecule has 0 bridgehead atoms. The maximum Gasteiger partial charge on any atom is 0.150 e. The minimum absolute atomic E-state index is 0.0286. The molecule has 2 aromatic carbocycles. The van der Waals surface area contributed by atoms with Gasteiger partial charge in [-0.3, -0.25) is 4.79 Å². The van der Waals surface area contributed by atoms with Gasteiger partial charge in [-0.05, 0) is 23.8 Å². The molecule has 0 saturated heterocycles. The average molecular weight is 300 g/mol. The van der Waals surface area contributed by atoms with Crippen molar-refractivity contribution in [2.75, 3.05) is 36.9 Å². The third kappa shape index (κ3) is 3.44. The number of rotatable bonds is 7. The Hall–Kier alpha value is -2.37. The maximum absolute atomic E-state index is 11.3. The number of nitrogen functional groups attached to an aromatic ring is 1. The van der Waals surface area contributed by atoms with Gasteiger partial charge in [0, 0.05) is 35.6 Å². The number of anilines is 2. The number of hydrogen-bond acceptors (Lipinski definition) is 5. The van der Waals surface area contributed by atoms with Crippen molar-refractivity contribution in [3.8, 4) is 11.1 Å². The van der Waals surface area contributed by atoms with Crippen LogP contribution in [0.2, 0.25) is 0 Å². The van der Waals surface area contributed by atoms with Gasteiger partial charge < -0.3 is 20.8 Å². The highest BCUT2D eigenvalue weighted by atomic mass is 16.3. The van der Waals surface area contributed by atoms with Crippen molar-refractivity contribution >= 4 is 17.7 Å². The molecule has 0 saturated carbocycles. The lowest BCUT2D eigenvalue weighted by molar-refractivity contribution is 0.112. The summed E-state index contributed by atoms with van der Waals surface area (Å²) in [6.07, 6.45) is 0.810. The van der Waals surface area contributed by atoms with Crippen LogP contribution < -0.4 is 10.6 Å². The number of carbonyl (C=O) groups excluding carboxylic acids is 1. The molecule has 0 atom stereocenters. The van der Waals surface area contributed by atoms with E-state index in [1.807, 2.05) is 23.1 Å². The zero-order valence-corrected chi connectivity index (χ0v) is 12.3. The highest BCUT2D eigenvalue weighted by molar-refractivity contribution is 5.92. The molecule has 0 spiro atoms. The van der Waals surface area contributed by atoms with E-state index in [-0.39, 0.29) is 13.2 Å². The monoisotopic (exact) mass is 300 g/mol. The lowest BCUT2D eigenvalue weighted by Crippen LogP contribution is -2.30. The molecule has 2 aromatic rings. The molecule has 116 valence electrons. The van der Waals surface area contributed by atoms with Gasteiger partial charge in [0.15, 0.2) is 6.29 Å². The smallest absolute Gasteiger partial charge is 0.150 e. The number of benzene rings is 2. The second kappa shape index (κ2) is 7.59. The highest BCUT2D eigenvalue weighted by Gasteiger charge is 2.14. The summed E-state index contributed by atoms with van der Waals surface area (Å²) >= 11 is 0. The first kappa shape index (κ1) is 16.0. The molecular formula is C17H20N2O3. The van der Waals surface area contributed by atoms with Crippen LogP contribution in [-0.4, -0.2) is 42.8 Å². The summed E-state index contributed by atoms with van der Waals surface area (Å²) in [4.78, 5) is 13.2. The van der Waals surface area contributed by atoms with Crippen LogP contribution >= 0.6 is 0 Å². The van der Waals surface area contributed by atoms with Crippen LogP contribution in [-0.2, 0) is 0 Å². The predicted molar refractivity (Wildman–Crippen MR) is 88.1 cm³/mol. The first-order chi connectivity index (χ1) is 10.7. The van der Waals surface area contributed by atoms with Crippen molar-refractivity contribution in [2.24, 2.45) is 0 Å². The SMILES string of the molecule is Nc1ccc(N(CCO)CCO)c(-c2ccccc2C=O)c1.